The molecule has 2 rings (SSSR count). The predicted octanol–water partition coefficient (Wildman–Crippen LogP) is -0.687. The minimum Gasteiger partial charge on any atom is -0.394 e. The molecule has 2 heterocycles. The molecule has 1 saturated heterocycles. The summed E-state index contributed by atoms with van der Waals surface area (Å²) in [5.74, 6) is -0.295. The molecule has 1 fully saturated rings. The lowest BCUT2D eigenvalue weighted by atomic mass is 10.1. The molecule has 3 N–H and O–H groups in total. The van der Waals surface area contributed by atoms with Crippen molar-refractivity contribution in [1.82, 2.24) is 25.6 Å². The molecule has 0 saturated carbocycles. The van der Waals surface area contributed by atoms with Crippen molar-refractivity contribution in [2.45, 2.75) is 31.8 Å². The van der Waals surface area contributed by atoms with Crippen LogP contribution < -0.4 is 10.6 Å². The Hall–Kier alpha value is -1.47. The molecule has 1 unspecified atom stereocenters. The number of aliphatic hydroxyl groups excluding tert-OH is 1. The lowest BCUT2D eigenvalue weighted by molar-refractivity contribution is 0.0917. The smallest absolute Gasteiger partial charge is 0.273 e. The van der Waals surface area contributed by atoms with E-state index in [1.807, 2.05) is 0 Å². The van der Waals surface area contributed by atoms with Gasteiger partial charge in [0.1, 0.15) is 0 Å². The number of piperidine rings is 1. The Morgan fingerprint density at radius 3 is 3.06 bits per heavy atom. The Bertz CT molecular complexity index is 400. The summed E-state index contributed by atoms with van der Waals surface area (Å²) in [7, 11) is 0. The minimum absolute atomic E-state index is 0.0891. The quantitative estimate of drug-likeness (QED) is 0.661. The van der Waals surface area contributed by atoms with Crippen LogP contribution in [0, 0.1) is 0 Å². The molecular formula is C11H19N5O2. The van der Waals surface area contributed by atoms with Gasteiger partial charge in [-0.2, -0.15) is 0 Å². The van der Waals surface area contributed by atoms with Crippen LogP contribution in [0.4, 0.5) is 0 Å². The second kappa shape index (κ2) is 5.92. The van der Waals surface area contributed by atoms with E-state index in [9.17, 15) is 4.79 Å². The Morgan fingerprint density at radius 1 is 1.67 bits per heavy atom. The molecule has 18 heavy (non-hydrogen) atoms. The number of hydrogen-bond donors (Lipinski definition) is 3. The van der Waals surface area contributed by atoms with Crippen molar-refractivity contribution in [2.24, 2.45) is 0 Å². The number of carbonyl (C=O) groups is 1. The Labute approximate surface area is 106 Å². The van der Waals surface area contributed by atoms with Gasteiger partial charge in [-0.3, -0.25) is 4.79 Å². The largest absolute Gasteiger partial charge is 0.394 e. The maximum atomic E-state index is 11.8. The average molecular weight is 253 g/mol. The first-order chi connectivity index (χ1) is 8.70. The van der Waals surface area contributed by atoms with Gasteiger partial charge >= 0.3 is 0 Å². The number of hydrogen-bond acceptors (Lipinski definition) is 5. The molecule has 0 bridgehead atoms. The first-order valence-electron chi connectivity index (χ1n) is 6.25. The molecule has 1 aliphatic heterocycles. The van der Waals surface area contributed by atoms with Gasteiger partial charge in [0, 0.05) is 6.04 Å². The summed E-state index contributed by atoms with van der Waals surface area (Å²) < 4.78 is 1.76. The Morgan fingerprint density at radius 2 is 2.39 bits per heavy atom. The zero-order valence-corrected chi connectivity index (χ0v) is 10.5. The van der Waals surface area contributed by atoms with E-state index in [1.165, 1.54) is 0 Å². The summed E-state index contributed by atoms with van der Waals surface area (Å²) in [5.41, 5.74) is 0.300. The third-order valence-corrected chi connectivity index (χ3v) is 3.08. The van der Waals surface area contributed by atoms with E-state index in [1.54, 1.807) is 17.8 Å². The summed E-state index contributed by atoms with van der Waals surface area (Å²) in [6.45, 7) is 3.57. The normalized spacial score (nSPS) is 18.6. The lowest BCUT2D eigenvalue weighted by Gasteiger charge is -2.22. The third kappa shape index (κ3) is 3.05. The zero-order valence-electron chi connectivity index (χ0n) is 10.5. The molecule has 1 aliphatic rings. The van der Waals surface area contributed by atoms with Gasteiger partial charge in [-0.15, -0.1) is 5.10 Å². The van der Waals surface area contributed by atoms with Gasteiger partial charge in [0.2, 0.25) is 0 Å². The number of aliphatic hydroxyl groups is 1. The molecular weight excluding hydrogens is 234 g/mol. The van der Waals surface area contributed by atoms with Crippen LogP contribution in [0.5, 0.6) is 0 Å². The molecule has 1 aromatic heterocycles. The number of nitrogens with one attached hydrogen (secondary N) is 2. The van der Waals surface area contributed by atoms with Crippen LogP contribution >= 0.6 is 0 Å². The first-order valence-corrected chi connectivity index (χ1v) is 6.25. The molecule has 7 heteroatoms. The SMILES string of the molecule is CC(CO)NC(=O)c1cn(C2CCNCC2)nn1. The predicted molar refractivity (Wildman–Crippen MR) is 65.2 cm³/mol. The number of amides is 1. The highest BCUT2D eigenvalue weighted by Gasteiger charge is 2.19. The molecule has 0 aliphatic carbocycles. The van der Waals surface area contributed by atoms with E-state index in [0.717, 1.165) is 25.9 Å². The standard InChI is InChI=1S/C11H19N5O2/c1-8(7-17)13-11(18)10-6-16(15-14-10)9-2-4-12-5-3-9/h6,8-9,12,17H,2-5,7H2,1H3,(H,13,18). The van der Waals surface area contributed by atoms with Crippen LogP contribution in [0.1, 0.15) is 36.3 Å². The van der Waals surface area contributed by atoms with E-state index < -0.39 is 0 Å². The highest BCUT2D eigenvalue weighted by atomic mass is 16.3. The molecule has 1 atom stereocenters. The fraction of sp³-hybridized carbons (Fsp3) is 0.727. The van der Waals surface area contributed by atoms with Gasteiger partial charge in [0.05, 0.1) is 18.8 Å². The van der Waals surface area contributed by atoms with Gasteiger partial charge < -0.3 is 15.7 Å². The molecule has 7 nitrogen and oxygen atoms in total. The van der Waals surface area contributed by atoms with Crippen LogP contribution in [0.2, 0.25) is 0 Å². The second-order valence-electron chi connectivity index (χ2n) is 4.62. The van der Waals surface area contributed by atoms with Gasteiger partial charge in [0.15, 0.2) is 5.69 Å². The maximum Gasteiger partial charge on any atom is 0.273 e. The summed E-state index contributed by atoms with van der Waals surface area (Å²) in [5, 5.41) is 22.7. The lowest BCUT2D eigenvalue weighted by Crippen LogP contribution is -2.35. The van der Waals surface area contributed by atoms with Crippen LogP contribution in [0.25, 0.3) is 0 Å². The Kier molecular flexibility index (Phi) is 4.27. The summed E-state index contributed by atoms with van der Waals surface area (Å²) >= 11 is 0. The zero-order chi connectivity index (χ0) is 13.0. The molecule has 1 aromatic rings. The van der Waals surface area contributed by atoms with Gasteiger partial charge in [-0.05, 0) is 32.9 Å². The summed E-state index contributed by atoms with van der Waals surface area (Å²) in [6, 6.07) is 0.0390. The van der Waals surface area contributed by atoms with Crippen molar-refractivity contribution >= 4 is 5.91 Å². The van der Waals surface area contributed by atoms with E-state index in [0.29, 0.717) is 11.7 Å². The van der Waals surface area contributed by atoms with E-state index in [4.69, 9.17) is 5.11 Å². The van der Waals surface area contributed by atoms with Gasteiger partial charge in [-0.1, -0.05) is 5.21 Å². The third-order valence-electron chi connectivity index (χ3n) is 3.08. The number of rotatable bonds is 4. The van der Waals surface area contributed by atoms with E-state index >= 15 is 0 Å². The highest BCUT2D eigenvalue weighted by Crippen LogP contribution is 2.16. The molecule has 1 amide bonds. The number of aromatic nitrogens is 3. The first kappa shape index (κ1) is 13.0. The maximum absolute atomic E-state index is 11.8. The summed E-state index contributed by atoms with van der Waals surface area (Å²) in [6.07, 6.45) is 3.67. The molecule has 0 aromatic carbocycles. The molecule has 0 radical (unpaired) electrons. The van der Waals surface area contributed by atoms with E-state index in [2.05, 4.69) is 20.9 Å². The fourth-order valence-corrected chi connectivity index (χ4v) is 1.97. The number of nitrogens with zero attached hydrogens (tertiary/aromatic N) is 3. The Balaban J connectivity index is 1.98. The summed E-state index contributed by atoms with van der Waals surface area (Å²) in [4.78, 5) is 11.8. The average Bonchev–Trinajstić information content (AvgIpc) is 2.89. The van der Waals surface area contributed by atoms with Crippen LogP contribution in [-0.4, -0.2) is 51.7 Å². The molecule has 0 spiro atoms. The van der Waals surface area contributed by atoms with Crippen molar-refractivity contribution in [3.05, 3.63) is 11.9 Å². The van der Waals surface area contributed by atoms with E-state index in [-0.39, 0.29) is 18.6 Å². The molecule has 100 valence electrons. The topological polar surface area (TPSA) is 92.1 Å². The fourth-order valence-electron chi connectivity index (χ4n) is 1.97. The highest BCUT2D eigenvalue weighted by molar-refractivity contribution is 5.92. The van der Waals surface area contributed by atoms with Crippen molar-refractivity contribution in [3.8, 4) is 0 Å². The van der Waals surface area contributed by atoms with Crippen LogP contribution in [0.15, 0.2) is 6.20 Å². The van der Waals surface area contributed by atoms with Crippen molar-refractivity contribution in [3.63, 3.8) is 0 Å². The van der Waals surface area contributed by atoms with Gasteiger partial charge in [0.25, 0.3) is 5.91 Å². The minimum atomic E-state index is -0.295. The van der Waals surface area contributed by atoms with Crippen molar-refractivity contribution < 1.29 is 9.90 Å². The van der Waals surface area contributed by atoms with Crippen molar-refractivity contribution in [1.29, 1.82) is 0 Å². The monoisotopic (exact) mass is 253 g/mol. The van der Waals surface area contributed by atoms with Crippen LogP contribution in [0.3, 0.4) is 0 Å². The van der Waals surface area contributed by atoms with Crippen LogP contribution in [-0.2, 0) is 0 Å². The van der Waals surface area contributed by atoms with Crippen molar-refractivity contribution in [2.75, 3.05) is 19.7 Å². The second-order valence-corrected chi connectivity index (χ2v) is 4.62. The van der Waals surface area contributed by atoms with Gasteiger partial charge in [-0.25, -0.2) is 4.68 Å². The number of carbonyl (C=O) groups excluding carboxylic acids is 1.